The number of amides is 1. The van der Waals surface area contributed by atoms with Crippen LogP contribution in [0.2, 0.25) is 0 Å². The number of thioether (sulfide) groups is 1. The van der Waals surface area contributed by atoms with Crippen molar-refractivity contribution in [3.8, 4) is 0 Å². The van der Waals surface area contributed by atoms with Crippen LogP contribution in [0.3, 0.4) is 0 Å². The topological polar surface area (TPSA) is 54.0 Å². The molecule has 1 unspecified atom stereocenters. The van der Waals surface area contributed by atoms with Gasteiger partial charge < -0.3 is 10.6 Å². The van der Waals surface area contributed by atoms with Gasteiger partial charge in [-0.15, -0.1) is 0 Å². The number of anilines is 1. The molecule has 0 saturated carbocycles. The Labute approximate surface area is 120 Å². The van der Waals surface area contributed by atoms with Gasteiger partial charge in [0.25, 0.3) is 0 Å². The van der Waals surface area contributed by atoms with E-state index in [9.17, 15) is 4.79 Å². The van der Waals surface area contributed by atoms with Crippen LogP contribution >= 0.6 is 23.1 Å². The van der Waals surface area contributed by atoms with Crippen LogP contribution < -0.4 is 10.6 Å². The number of thiazole rings is 1. The lowest BCUT2D eigenvalue weighted by Gasteiger charge is -2.21. The largest absolute Gasteiger partial charge is 0.304 e. The summed E-state index contributed by atoms with van der Waals surface area (Å²) in [6.45, 7) is 2.95. The van der Waals surface area contributed by atoms with Crippen molar-refractivity contribution in [3.63, 3.8) is 0 Å². The van der Waals surface area contributed by atoms with Crippen LogP contribution in [0, 0.1) is 6.92 Å². The Balaban J connectivity index is 1.75. The number of benzene rings is 1. The van der Waals surface area contributed by atoms with Gasteiger partial charge in [-0.1, -0.05) is 17.4 Å². The minimum Gasteiger partial charge on any atom is -0.304 e. The number of carbonyl (C=O) groups is 1. The highest BCUT2D eigenvalue weighted by atomic mass is 32.2. The zero-order chi connectivity index (χ0) is 13.2. The predicted octanol–water partition coefficient (Wildman–Crippen LogP) is 2.25. The van der Waals surface area contributed by atoms with Gasteiger partial charge in [-0.3, -0.25) is 4.79 Å². The van der Waals surface area contributed by atoms with E-state index in [0.29, 0.717) is 5.13 Å². The van der Waals surface area contributed by atoms with Crippen molar-refractivity contribution >= 4 is 44.4 Å². The quantitative estimate of drug-likeness (QED) is 0.892. The maximum atomic E-state index is 12.1. The zero-order valence-corrected chi connectivity index (χ0v) is 12.2. The summed E-state index contributed by atoms with van der Waals surface area (Å²) in [6, 6.07) is 6.02. The Morgan fingerprint density at radius 1 is 1.53 bits per heavy atom. The van der Waals surface area contributed by atoms with Crippen molar-refractivity contribution < 1.29 is 4.79 Å². The summed E-state index contributed by atoms with van der Waals surface area (Å²) in [7, 11) is 0. The van der Waals surface area contributed by atoms with E-state index in [1.165, 1.54) is 16.9 Å². The molecule has 1 aromatic carbocycles. The molecule has 1 fully saturated rings. The van der Waals surface area contributed by atoms with E-state index in [4.69, 9.17) is 0 Å². The molecule has 19 heavy (non-hydrogen) atoms. The fraction of sp³-hybridized carbons (Fsp3) is 0.385. The van der Waals surface area contributed by atoms with Gasteiger partial charge in [-0.25, -0.2) is 4.98 Å². The molecule has 4 nitrogen and oxygen atoms in total. The van der Waals surface area contributed by atoms with Crippen LogP contribution in [0.25, 0.3) is 10.2 Å². The highest BCUT2D eigenvalue weighted by molar-refractivity contribution is 7.99. The summed E-state index contributed by atoms with van der Waals surface area (Å²) in [5, 5.41) is 6.82. The SMILES string of the molecule is Cc1ccc2nc(NC(=O)C3CSCCN3)sc2c1. The molecule has 1 aliphatic rings. The Kier molecular flexibility index (Phi) is 3.72. The molecule has 1 aromatic heterocycles. The van der Waals surface area contributed by atoms with Crippen molar-refractivity contribution in [3.05, 3.63) is 23.8 Å². The van der Waals surface area contributed by atoms with Crippen molar-refractivity contribution in [2.75, 3.05) is 23.4 Å². The van der Waals surface area contributed by atoms with Crippen molar-refractivity contribution in [1.82, 2.24) is 10.3 Å². The summed E-state index contributed by atoms with van der Waals surface area (Å²) in [5.41, 5.74) is 2.15. The fourth-order valence-corrected chi connectivity index (χ4v) is 3.91. The summed E-state index contributed by atoms with van der Waals surface area (Å²) in [6.07, 6.45) is 0. The summed E-state index contributed by atoms with van der Waals surface area (Å²) < 4.78 is 1.11. The molecule has 0 spiro atoms. The first-order valence-electron chi connectivity index (χ1n) is 6.21. The zero-order valence-electron chi connectivity index (χ0n) is 10.6. The van der Waals surface area contributed by atoms with Gasteiger partial charge >= 0.3 is 0 Å². The van der Waals surface area contributed by atoms with Gasteiger partial charge in [0.05, 0.1) is 16.3 Å². The van der Waals surface area contributed by atoms with E-state index in [1.54, 1.807) is 0 Å². The number of hydrogen-bond acceptors (Lipinski definition) is 5. The van der Waals surface area contributed by atoms with Crippen molar-refractivity contribution in [2.45, 2.75) is 13.0 Å². The van der Waals surface area contributed by atoms with E-state index in [-0.39, 0.29) is 11.9 Å². The third-order valence-electron chi connectivity index (χ3n) is 3.01. The fourth-order valence-electron chi connectivity index (χ4n) is 2.01. The monoisotopic (exact) mass is 293 g/mol. The Hall–Kier alpha value is -1.11. The Morgan fingerprint density at radius 3 is 3.21 bits per heavy atom. The Bertz CT molecular complexity index is 605. The van der Waals surface area contributed by atoms with Crippen LogP contribution in [-0.4, -0.2) is 35.0 Å². The molecular weight excluding hydrogens is 278 g/mol. The first-order chi connectivity index (χ1) is 9.22. The van der Waals surface area contributed by atoms with Crippen molar-refractivity contribution in [1.29, 1.82) is 0 Å². The first kappa shape index (κ1) is 12.9. The summed E-state index contributed by atoms with van der Waals surface area (Å²) >= 11 is 3.33. The number of nitrogens with zero attached hydrogens (tertiary/aromatic N) is 1. The molecule has 2 heterocycles. The van der Waals surface area contributed by atoms with Crippen LogP contribution in [0.1, 0.15) is 5.56 Å². The third kappa shape index (κ3) is 2.91. The molecule has 1 amide bonds. The number of hydrogen-bond donors (Lipinski definition) is 2. The van der Waals surface area contributed by atoms with Gasteiger partial charge in [0.15, 0.2) is 5.13 Å². The van der Waals surface area contributed by atoms with Crippen LogP contribution in [0.15, 0.2) is 18.2 Å². The van der Waals surface area contributed by atoms with Gasteiger partial charge in [-0.05, 0) is 24.6 Å². The molecule has 0 radical (unpaired) electrons. The van der Waals surface area contributed by atoms with Crippen LogP contribution in [0.4, 0.5) is 5.13 Å². The van der Waals surface area contributed by atoms with E-state index < -0.39 is 0 Å². The molecule has 3 rings (SSSR count). The average Bonchev–Trinajstić information content (AvgIpc) is 2.81. The minimum atomic E-state index is -0.104. The average molecular weight is 293 g/mol. The molecule has 0 bridgehead atoms. The van der Waals surface area contributed by atoms with Gasteiger partial charge in [0.1, 0.15) is 0 Å². The highest BCUT2D eigenvalue weighted by Gasteiger charge is 2.21. The lowest BCUT2D eigenvalue weighted by Crippen LogP contribution is -2.46. The maximum absolute atomic E-state index is 12.1. The molecular formula is C13H15N3OS2. The number of fused-ring (bicyclic) bond motifs is 1. The molecule has 6 heteroatoms. The molecule has 1 saturated heterocycles. The van der Waals surface area contributed by atoms with E-state index in [1.807, 2.05) is 23.9 Å². The molecule has 1 aliphatic heterocycles. The maximum Gasteiger partial charge on any atom is 0.244 e. The molecule has 0 aliphatic carbocycles. The second kappa shape index (κ2) is 5.48. The number of carbonyl (C=O) groups excluding carboxylic acids is 1. The van der Waals surface area contributed by atoms with Gasteiger partial charge in [-0.2, -0.15) is 11.8 Å². The lowest BCUT2D eigenvalue weighted by molar-refractivity contribution is -0.117. The summed E-state index contributed by atoms with van der Waals surface area (Å²) in [5.74, 6) is 1.92. The third-order valence-corrected chi connectivity index (χ3v) is 5.01. The lowest BCUT2D eigenvalue weighted by atomic mass is 10.2. The van der Waals surface area contributed by atoms with Gasteiger partial charge in [0.2, 0.25) is 5.91 Å². The number of aryl methyl sites for hydroxylation is 1. The predicted molar refractivity (Wildman–Crippen MR) is 82.1 cm³/mol. The van der Waals surface area contributed by atoms with E-state index >= 15 is 0 Å². The van der Waals surface area contributed by atoms with Crippen LogP contribution in [0.5, 0.6) is 0 Å². The number of nitrogens with one attached hydrogen (secondary N) is 2. The van der Waals surface area contributed by atoms with Gasteiger partial charge in [0, 0.05) is 18.1 Å². The Morgan fingerprint density at radius 2 is 2.42 bits per heavy atom. The first-order valence-corrected chi connectivity index (χ1v) is 8.19. The number of rotatable bonds is 2. The number of aromatic nitrogens is 1. The molecule has 2 N–H and O–H groups in total. The second-order valence-corrected chi connectivity index (χ2v) is 6.74. The smallest absolute Gasteiger partial charge is 0.244 e. The standard InChI is InChI=1S/C13H15N3OS2/c1-8-2-3-9-11(6-8)19-13(15-9)16-12(17)10-7-18-5-4-14-10/h2-3,6,10,14H,4-5,7H2,1H3,(H,15,16,17). The molecule has 100 valence electrons. The normalized spacial score (nSPS) is 19.5. The van der Waals surface area contributed by atoms with Crippen LogP contribution in [-0.2, 0) is 4.79 Å². The highest BCUT2D eigenvalue weighted by Crippen LogP contribution is 2.26. The molecule has 1 atom stereocenters. The minimum absolute atomic E-state index is 0.0166. The summed E-state index contributed by atoms with van der Waals surface area (Å²) in [4.78, 5) is 16.5. The second-order valence-electron chi connectivity index (χ2n) is 4.56. The molecule has 2 aromatic rings. The van der Waals surface area contributed by atoms with E-state index in [0.717, 1.165) is 28.3 Å². The van der Waals surface area contributed by atoms with E-state index in [2.05, 4.69) is 28.6 Å². The van der Waals surface area contributed by atoms with Crippen molar-refractivity contribution in [2.24, 2.45) is 0 Å².